The van der Waals surface area contributed by atoms with Crippen LogP contribution in [0.15, 0.2) is 33.7 Å². The van der Waals surface area contributed by atoms with Gasteiger partial charge in [-0.1, -0.05) is 0 Å². The van der Waals surface area contributed by atoms with E-state index in [4.69, 9.17) is 30.4 Å². The number of aromatic nitrogens is 2. The second-order valence-electron chi connectivity index (χ2n) is 7.70. The van der Waals surface area contributed by atoms with Crippen LogP contribution in [0.5, 0.6) is 0 Å². The molecule has 1 aromatic rings. The molecule has 35 heavy (non-hydrogen) atoms. The topological polar surface area (TPSA) is 251 Å². The average Bonchev–Trinajstić information content (AvgIpc) is 3.13. The number of primary amides is 1. The number of aliphatic hydroxyl groups excluding tert-OH is 3. The Morgan fingerprint density at radius 1 is 1.29 bits per heavy atom. The molecule has 0 bridgehead atoms. The summed E-state index contributed by atoms with van der Waals surface area (Å²) in [7, 11) is 1.19. The van der Waals surface area contributed by atoms with E-state index >= 15 is 0 Å². The molecule has 1 saturated heterocycles. The van der Waals surface area contributed by atoms with Gasteiger partial charge in [-0.3, -0.25) is 23.9 Å². The monoisotopic (exact) mass is 501 g/mol. The summed E-state index contributed by atoms with van der Waals surface area (Å²) < 4.78 is 22.6. The Bertz CT molecular complexity index is 1070. The highest BCUT2D eigenvalue weighted by molar-refractivity contribution is 5.91. The quantitative estimate of drug-likeness (QED) is 0.168. The van der Waals surface area contributed by atoms with Gasteiger partial charge in [0.25, 0.3) is 11.5 Å². The Morgan fingerprint density at radius 2 is 2.00 bits per heavy atom. The van der Waals surface area contributed by atoms with Gasteiger partial charge in [0.05, 0.1) is 0 Å². The van der Waals surface area contributed by atoms with Crippen LogP contribution in [0, 0.1) is 0 Å². The van der Waals surface area contributed by atoms with Crippen LogP contribution in [0.4, 0.5) is 0 Å². The van der Waals surface area contributed by atoms with Crippen LogP contribution in [-0.2, 0) is 28.5 Å². The number of aromatic amines is 1. The molecule has 2 aliphatic rings. The van der Waals surface area contributed by atoms with Crippen molar-refractivity contribution in [3.05, 3.63) is 44.9 Å². The lowest BCUT2D eigenvalue weighted by atomic mass is 10.0. The molecule has 1 aromatic heterocycles. The third kappa shape index (κ3) is 5.59. The molecular formula is C19H27N5O11. The van der Waals surface area contributed by atoms with E-state index in [1.165, 1.54) is 7.11 Å². The SMILES string of the molecule is CO[C@H]1[C@@H](O)[C@H](n2ccc(=O)[nH]c2=O)O[C@@H]1[C@@H](O[C@H]1OC(C(=O)NCCN)=C[C@H](O)[C@@H]1O)C(N)=O. The second kappa shape index (κ2) is 11.1. The van der Waals surface area contributed by atoms with Crippen molar-refractivity contribution >= 4 is 11.8 Å². The highest BCUT2D eigenvalue weighted by atomic mass is 16.7. The van der Waals surface area contributed by atoms with Crippen LogP contribution in [0.2, 0.25) is 0 Å². The predicted molar refractivity (Wildman–Crippen MR) is 113 cm³/mol. The second-order valence-corrected chi connectivity index (χ2v) is 7.70. The third-order valence-electron chi connectivity index (χ3n) is 5.35. The number of nitrogens with one attached hydrogen (secondary N) is 2. The number of rotatable bonds is 9. The molecule has 3 heterocycles. The van der Waals surface area contributed by atoms with Gasteiger partial charge in [-0.05, 0) is 6.08 Å². The molecule has 1 fully saturated rings. The zero-order chi connectivity index (χ0) is 25.9. The lowest BCUT2D eigenvalue weighted by Gasteiger charge is -2.35. The number of aliphatic hydroxyl groups is 3. The first-order valence-corrected chi connectivity index (χ1v) is 10.4. The summed E-state index contributed by atoms with van der Waals surface area (Å²) in [6.45, 7) is 0.232. The smallest absolute Gasteiger partial charge is 0.330 e. The maximum absolute atomic E-state index is 12.3. The van der Waals surface area contributed by atoms with Crippen molar-refractivity contribution in [2.45, 2.75) is 49.1 Å². The van der Waals surface area contributed by atoms with E-state index < -0.39 is 78.0 Å². The largest absolute Gasteiger partial charge is 0.456 e. The Morgan fingerprint density at radius 3 is 2.60 bits per heavy atom. The zero-order valence-electron chi connectivity index (χ0n) is 18.5. The van der Waals surface area contributed by atoms with Gasteiger partial charge in [-0.2, -0.15) is 0 Å². The van der Waals surface area contributed by atoms with Crippen molar-refractivity contribution in [1.29, 1.82) is 0 Å². The van der Waals surface area contributed by atoms with Crippen molar-refractivity contribution in [3.8, 4) is 0 Å². The maximum atomic E-state index is 12.3. The highest BCUT2D eigenvalue weighted by Gasteiger charge is 2.52. The standard InChI is InChI=1S/C19H27N5O11/c1-32-12-11(28)17(24-5-2-9(26)23-19(24)31)34-13(12)14(15(21)29)35-18-10(27)7(25)6-8(33-18)16(30)22-4-3-20/h2,5-7,10-14,17-18,25,27-28H,3-4,20H2,1H3,(H2,21,29)(H,22,30)(H,23,26,31)/t7-,10-,11+,12-,13-,14+,17+,18+/m0/s1. The number of nitrogens with zero attached hydrogens (tertiary/aromatic N) is 1. The van der Waals surface area contributed by atoms with E-state index in [1.54, 1.807) is 0 Å². The number of carbonyl (C=O) groups excluding carboxylic acids is 2. The molecule has 16 nitrogen and oxygen atoms in total. The number of amides is 2. The first-order chi connectivity index (χ1) is 16.6. The third-order valence-corrected chi connectivity index (χ3v) is 5.35. The first kappa shape index (κ1) is 26.5. The summed E-state index contributed by atoms with van der Waals surface area (Å²) in [5.41, 5.74) is 9.22. The summed E-state index contributed by atoms with van der Waals surface area (Å²) in [6, 6.07) is 1.02. The van der Waals surface area contributed by atoms with Gasteiger partial charge in [0, 0.05) is 32.5 Å². The molecular weight excluding hydrogens is 474 g/mol. The molecule has 9 N–H and O–H groups in total. The number of carbonyl (C=O) groups is 2. The van der Waals surface area contributed by atoms with Crippen molar-refractivity contribution in [3.63, 3.8) is 0 Å². The van der Waals surface area contributed by atoms with E-state index in [9.17, 15) is 34.5 Å². The number of methoxy groups -OCH3 is 1. The summed E-state index contributed by atoms with van der Waals surface area (Å²) in [4.78, 5) is 50.0. The van der Waals surface area contributed by atoms with Gasteiger partial charge in [0.1, 0.15) is 30.5 Å². The van der Waals surface area contributed by atoms with Crippen LogP contribution in [-0.4, -0.2) is 99.8 Å². The molecule has 2 amide bonds. The van der Waals surface area contributed by atoms with Gasteiger partial charge in [0.15, 0.2) is 18.1 Å². The predicted octanol–water partition coefficient (Wildman–Crippen LogP) is -5.28. The van der Waals surface area contributed by atoms with Crippen LogP contribution in [0.25, 0.3) is 0 Å². The van der Waals surface area contributed by atoms with Gasteiger partial charge < -0.3 is 51.1 Å². The molecule has 0 unspecified atom stereocenters. The van der Waals surface area contributed by atoms with Crippen LogP contribution in [0.1, 0.15) is 6.23 Å². The molecule has 0 spiro atoms. The van der Waals surface area contributed by atoms with Crippen LogP contribution < -0.4 is 28.0 Å². The minimum absolute atomic E-state index is 0.0997. The van der Waals surface area contributed by atoms with E-state index in [0.717, 1.165) is 22.9 Å². The number of H-pyrrole nitrogens is 1. The van der Waals surface area contributed by atoms with Gasteiger partial charge in [0.2, 0.25) is 12.2 Å². The van der Waals surface area contributed by atoms with Gasteiger partial charge >= 0.3 is 5.69 Å². The molecule has 0 aromatic carbocycles. The number of ether oxygens (including phenoxy) is 4. The Balaban J connectivity index is 1.85. The maximum Gasteiger partial charge on any atom is 0.330 e. The molecule has 0 aliphatic carbocycles. The molecule has 16 heteroatoms. The normalized spacial score (nSPS) is 31.3. The molecule has 3 rings (SSSR count). The number of nitrogens with two attached hydrogens (primary N) is 2. The van der Waals surface area contributed by atoms with Crippen molar-refractivity contribution < 1.29 is 43.9 Å². The zero-order valence-corrected chi connectivity index (χ0v) is 18.5. The highest BCUT2D eigenvalue weighted by Crippen LogP contribution is 2.34. The van der Waals surface area contributed by atoms with Crippen molar-refractivity contribution in [2.75, 3.05) is 20.2 Å². The van der Waals surface area contributed by atoms with Crippen LogP contribution >= 0.6 is 0 Å². The van der Waals surface area contributed by atoms with E-state index in [-0.39, 0.29) is 13.1 Å². The molecule has 8 atom stereocenters. The number of hydrogen-bond donors (Lipinski definition) is 7. The first-order valence-electron chi connectivity index (χ1n) is 10.4. The molecule has 194 valence electrons. The fraction of sp³-hybridized carbons (Fsp3) is 0.579. The van der Waals surface area contributed by atoms with E-state index in [1.807, 2.05) is 4.98 Å². The molecule has 0 radical (unpaired) electrons. The Labute approximate surface area is 197 Å². The lowest BCUT2D eigenvalue weighted by molar-refractivity contribution is -0.241. The molecule has 0 saturated carbocycles. The van der Waals surface area contributed by atoms with Gasteiger partial charge in [-0.25, -0.2) is 4.79 Å². The lowest BCUT2D eigenvalue weighted by Crippen LogP contribution is -2.54. The number of hydrogen-bond acceptors (Lipinski definition) is 12. The summed E-state index contributed by atoms with van der Waals surface area (Å²) in [5, 5.41) is 33.5. The Kier molecular flexibility index (Phi) is 8.39. The summed E-state index contributed by atoms with van der Waals surface area (Å²) >= 11 is 0. The minimum atomic E-state index is -1.76. The van der Waals surface area contributed by atoms with Gasteiger partial charge in [-0.15, -0.1) is 0 Å². The summed E-state index contributed by atoms with van der Waals surface area (Å²) in [6.07, 6.45) is -10.5. The fourth-order valence-corrected chi connectivity index (χ4v) is 3.66. The van der Waals surface area contributed by atoms with Crippen LogP contribution in [0.3, 0.4) is 0 Å². The van der Waals surface area contributed by atoms with Crippen molar-refractivity contribution in [2.24, 2.45) is 11.5 Å². The fourth-order valence-electron chi connectivity index (χ4n) is 3.66. The average molecular weight is 501 g/mol. The Hall–Kier alpha value is -3.12. The van der Waals surface area contributed by atoms with E-state index in [2.05, 4.69) is 5.32 Å². The van der Waals surface area contributed by atoms with Crippen molar-refractivity contribution in [1.82, 2.24) is 14.9 Å². The molecule has 2 aliphatic heterocycles. The summed E-state index contributed by atoms with van der Waals surface area (Å²) in [5.74, 6) is -2.30. The minimum Gasteiger partial charge on any atom is -0.456 e. The van der Waals surface area contributed by atoms with E-state index in [0.29, 0.717) is 0 Å².